The van der Waals surface area contributed by atoms with Gasteiger partial charge in [0.15, 0.2) is 0 Å². The lowest BCUT2D eigenvalue weighted by atomic mass is 9.86. The molecule has 0 unspecified atom stereocenters. The number of hydrogen-bond donors (Lipinski definition) is 1. The second-order valence-corrected chi connectivity index (χ2v) is 6.57. The maximum Gasteiger partial charge on any atom is 0.336 e. The summed E-state index contributed by atoms with van der Waals surface area (Å²) in [4.78, 5) is 16.8. The van der Waals surface area contributed by atoms with E-state index in [1.807, 2.05) is 30.3 Å². The van der Waals surface area contributed by atoms with Gasteiger partial charge in [0.2, 0.25) is 0 Å². The molecule has 0 spiro atoms. The van der Waals surface area contributed by atoms with Crippen LogP contribution in [-0.4, -0.2) is 16.1 Å². The first-order chi connectivity index (χ1) is 12.1. The Balaban J connectivity index is 1.97. The normalized spacial score (nSPS) is 15.3. The van der Waals surface area contributed by atoms with E-state index in [1.165, 1.54) is 5.56 Å². The zero-order valence-corrected chi connectivity index (χ0v) is 14.1. The topological polar surface area (TPSA) is 50.2 Å². The summed E-state index contributed by atoms with van der Waals surface area (Å²) >= 11 is 0. The van der Waals surface area contributed by atoms with Gasteiger partial charge in [0.1, 0.15) is 0 Å². The van der Waals surface area contributed by atoms with Gasteiger partial charge < -0.3 is 5.11 Å². The summed E-state index contributed by atoms with van der Waals surface area (Å²) in [7, 11) is 0. The SMILES string of the molecule is Cc1cccc(C=C2CCCc3c2nc2ccccc2c3C(=O)O)c1. The number of aryl methyl sites for hydroxylation is 1. The average Bonchev–Trinajstić information content (AvgIpc) is 2.60. The maximum atomic E-state index is 11.9. The molecule has 1 heterocycles. The average molecular weight is 329 g/mol. The molecule has 0 aliphatic heterocycles. The molecule has 1 aromatic heterocycles. The number of rotatable bonds is 2. The predicted molar refractivity (Wildman–Crippen MR) is 101 cm³/mol. The van der Waals surface area contributed by atoms with E-state index in [0.717, 1.165) is 52.6 Å². The van der Waals surface area contributed by atoms with Crippen LogP contribution in [0.2, 0.25) is 0 Å². The summed E-state index contributed by atoms with van der Waals surface area (Å²) in [6, 6.07) is 15.8. The van der Waals surface area contributed by atoms with Crippen molar-refractivity contribution in [2.75, 3.05) is 0 Å². The summed E-state index contributed by atoms with van der Waals surface area (Å²) in [6.45, 7) is 2.07. The van der Waals surface area contributed by atoms with Gasteiger partial charge in [0.05, 0.1) is 16.8 Å². The van der Waals surface area contributed by atoms with E-state index < -0.39 is 5.97 Å². The van der Waals surface area contributed by atoms with Gasteiger partial charge in [-0.1, -0.05) is 48.0 Å². The Bertz CT molecular complexity index is 1020. The minimum absolute atomic E-state index is 0.412. The van der Waals surface area contributed by atoms with E-state index in [-0.39, 0.29) is 0 Å². The summed E-state index contributed by atoms with van der Waals surface area (Å²) in [5, 5.41) is 10.5. The molecule has 3 nitrogen and oxygen atoms in total. The van der Waals surface area contributed by atoms with Crippen LogP contribution in [0.15, 0.2) is 48.5 Å². The number of aromatic carboxylic acids is 1. The van der Waals surface area contributed by atoms with Crippen molar-refractivity contribution in [3.05, 3.63) is 76.5 Å². The molecule has 3 heteroatoms. The Morgan fingerprint density at radius 1 is 1.12 bits per heavy atom. The fraction of sp³-hybridized carbons (Fsp3) is 0.182. The number of aromatic nitrogens is 1. The minimum Gasteiger partial charge on any atom is -0.478 e. The van der Waals surface area contributed by atoms with Crippen LogP contribution in [0.5, 0.6) is 0 Å². The van der Waals surface area contributed by atoms with Gasteiger partial charge in [-0.05, 0) is 55.0 Å². The number of allylic oxidation sites excluding steroid dienone is 1. The number of fused-ring (bicyclic) bond motifs is 2. The molecule has 0 atom stereocenters. The highest BCUT2D eigenvalue weighted by Crippen LogP contribution is 2.36. The Hall–Kier alpha value is -2.94. The van der Waals surface area contributed by atoms with Crippen molar-refractivity contribution in [3.8, 4) is 0 Å². The van der Waals surface area contributed by atoms with Gasteiger partial charge in [-0.3, -0.25) is 0 Å². The fourth-order valence-corrected chi connectivity index (χ4v) is 3.68. The van der Waals surface area contributed by atoms with Gasteiger partial charge in [-0.15, -0.1) is 0 Å². The predicted octanol–water partition coefficient (Wildman–Crippen LogP) is 5.12. The molecule has 0 saturated carbocycles. The number of carboxylic acid groups (broad SMARTS) is 1. The number of para-hydroxylation sites is 1. The largest absolute Gasteiger partial charge is 0.478 e. The third-order valence-electron chi connectivity index (χ3n) is 4.77. The molecule has 1 N–H and O–H groups in total. The van der Waals surface area contributed by atoms with Crippen molar-refractivity contribution in [3.63, 3.8) is 0 Å². The molecular weight excluding hydrogens is 310 g/mol. The number of benzene rings is 2. The second-order valence-electron chi connectivity index (χ2n) is 6.57. The number of hydrogen-bond acceptors (Lipinski definition) is 2. The molecule has 2 aromatic carbocycles. The van der Waals surface area contributed by atoms with Crippen molar-refractivity contribution in [2.24, 2.45) is 0 Å². The Labute approximate surface area is 146 Å². The molecule has 4 rings (SSSR count). The van der Waals surface area contributed by atoms with Crippen LogP contribution >= 0.6 is 0 Å². The van der Waals surface area contributed by atoms with E-state index in [2.05, 4.69) is 31.2 Å². The summed E-state index contributed by atoms with van der Waals surface area (Å²) in [5.41, 5.74) is 6.35. The van der Waals surface area contributed by atoms with Gasteiger partial charge in [0.25, 0.3) is 0 Å². The first-order valence-corrected chi connectivity index (χ1v) is 8.56. The summed E-state index contributed by atoms with van der Waals surface area (Å²) in [6.07, 6.45) is 4.79. The molecule has 1 aliphatic carbocycles. The van der Waals surface area contributed by atoms with Crippen LogP contribution in [0.25, 0.3) is 22.6 Å². The molecule has 0 amide bonds. The lowest BCUT2D eigenvalue weighted by Gasteiger charge is -2.21. The van der Waals surface area contributed by atoms with E-state index in [4.69, 9.17) is 4.98 Å². The molecule has 1 aliphatic rings. The van der Waals surface area contributed by atoms with Crippen LogP contribution < -0.4 is 0 Å². The first-order valence-electron chi connectivity index (χ1n) is 8.56. The molecule has 0 saturated heterocycles. The van der Waals surface area contributed by atoms with E-state index in [0.29, 0.717) is 5.56 Å². The van der Waals surface area contributed by atoms with E-state index in [9.17, 15) is 9.90 Å². The molecule has 124 valence electrons. The molecule has 25 heavy (non-hydrogen) atoms. The van der Waals surface area contributed by atoms with Crippen molar-refractivity contribution < 1.29 is 9.90 Å². The Morgan fingerprint density at radius 2 is 1.96 bits per heavy atom. The lowest BCUT2D eigenvalue weighted by molar-refractivity contribution is 0.0697. The zero-order chi connectivity index (χ0) is 17.4. The van der Waals surface area contributed by atoms with Crippen LogP contribution in [0.1, 0.15) is 45.6 Å². The molecule has 0 radical (unpaired) electrons. The smallest absolute Gasteiger partial charge is 0.336 e. The van der Waals surface area contributed by atoms with E-state index in [1.54, 1.807) is 0 Å². The summed E-state index contributed by atoms with van der Waals surface area (Å²) < 4.78 is 0. The highest BCUT2D eigenvalue weighted by atomic mass is 16.4. The standard InChI is InChI=1S/C22H19NO2/c1-14-6-4-7-15(12-14)13-16-8-5-10-18-20(22(24)25)17-9-2-3-11-19(17)23-21(16)18/h2-4,6-7,9,11-13H,5,8,10H2,1H3,(H,24,25). The number of pyridine rings is 1. The van der Waals surface area contributed by atoms with E-state index >= 15 is 0 Å². The van der Waals surface area contributed by atoms with Crippen LogP contribution in [0.4, 0.5) is 0 Å². The van der Waals surface area contributed by atoms with Crippen LogP contribution in [0.3, 0.4) is 0 Å². The number of nitrogens with zero attached hydrogens (tertiary/aromatic N) is 1. The van der Waals surface area contributed by atoms with Crippen molar-refractivity contribution >= 4 is 28.5 Å². The van der Waals surface area contributed by atoms with Gasteiger partial charge in [-0.2, -0.15) is 0 Å². The first kappa shape index (κ1) is 15.6. The zero-order valence-electron chi connectivity index (χ0n) is 14.1. The number of carbonyl (C=O) groups is 1. The summed E-state index contributed by atoms with van der Waals surface area (Å²) in [5.74, 6) is -0.869. The Morgan fingerprint density at radius 3 is 2.76 bits per heavy atom. The van der Waals surface area contributed by atoms with Crippen molar-refractivity contribution in [2.45, 2.75) is 26.2 Å². The van der Waals surface area contributed by atoms with Crippen molar-refractivity contribution in [1.82, 2.24) is 4.98 Å². The monoisotopic (exact) mass is 329 g/mol. The fourth-order valence-electron chi connectivity index (χ4n) is 3.68. The van der Waals surface area contributed by atoms with Gasteiger partial charge >= 0.3 is 5.97 Å². The third-order valence-corrected chi connectivity index (χ3v) is 4.77. The van der Waals surface area contributed by atoms with Crippen LogP contribution in [0, 0.1) is 6.92 Å². The molecule has 0 bridgehead atoms. The quantitative estimate of drug-likeness (QED) is 0.710. The Kier molecular flexibility index (Phi) is 3.85. The third kappa shape index (κ3) is 2.82. The minimum atomic E-state index is -0.869. The van der Waals surface area contributed by atoms with Gasteiger partial charge in [-0.25, -0.2) is 9.78 Å². The highest BCUT2D eigenvalue weighted by molar-refractivity contribution is 6.05. The van der Waals surface area contributed by atoms with Crippen molar-refractivity contribution in [1.29, 1.82) is 0 Å². The van der Waals surface area contributed by atoms with Crippen LogP contribution in [-0.2, 0) is 6.42 Å². The lowest BCUT2D eigenvalue weighted by Crippen LogP contribution is -2.13. The molecular formula is C22H19NO2. The molecule has 3 aromatic rings. The molecule has 0 fully saturated rings. The highest BCUT2D eigenvalue weighted by Gasteiger charge is 2.24. The maximum absolute atomic E-state index is 11.9. The van der Waals surface area contributed by atoms with Gasteiger partial charge in [0, 0.05) is 5.39 Å². The number of carboxylic acids is 1. The second kappa shape index (κ2) is 6.17.